The molecule has 0 unspecified atom stereocenters. The molecule has 0 bridgehead atoms. The third-order valence-corrected chi connectivity index (χ3v) is 2.79. The van der Waals surface area contributed by atoms with Crippen molar-refractivity contribution in [2.24, 2.45) is 5.73 Å². The first-order chi connectivity index (χ1) is 10.2. The first-order valence-electron chi connectivity index (χ1n) is 6.34. The Bertz CT molecular complexity index is 738. The fourth-order valence-electron chi connectivity index (χ4n) is 1.78. The SMILES string of the molecule is N#Cc1ccccc1OCc1ccc(F)cc1C#CCN. The molecule has 0 aromatic heterocycles. The highest BCUT2D eigenvalue weighted by Crippen LogP contribution is 2.19. The predicted molar refractivity (Wildman–Crippen MR) is 77.8 cm³/mol. The molecule has 0 saturated carbocycles. The van der Waals surface area contributed by atoms with Gasteiger partial charge in [0.2, 0.25) is 0 Å². The number of hydrogen-bond acceptors (Lipinski definition) is 3. The van der Waals surface area contributed by atoms with Crippen molar-refractivity contribution >= 4 is 0 Å². The molecule has 0 aliphatic heterocycles. The van der Waals surface area contributed by atoms with Crippen LogP contribution in [0.2, 0.25) is 0 Å². The van der Waals surface area contributed by atoms with Crippen molar-refractivity contribution in [1.29, 1.82) is 5.26 Å². The van der Waals surface area contributed by atoms with Crippen LogP contribution in [0.3, 0.4) is 0 Å². The summed E-state index contributed by atoms with van der Waals surface area (Å²) in [6.07, 6.45) is 0. The molecular formula is C17H13FN2O. The lowest BCUT2D eigenvalue weighted by Crippen LogP contribution is -2.01. The van der Waals surface area contributed by atoms with Crippen molar-refractivity contribution in [2.75, 3.05) is 6.54 Å². The van der Waals surface area contributed by atoms with E-state index in [0.29, 0.717) is 16.9 Å². The van der Waals surface area contributed by atoms with E-state index in [0.717, 1.165) is 5.56 Å². The molecule has 0 aliphatic carbocycles. The number of ether oxygens (including phenoxy) is 1. The highest BCUT2D eigenvalue weighted by molar-refractivity contribution is 5.44. The largest absolute Gasteiger partial charge is 0.487 e. The van der Waals surface area contributed by atoms with E-state index >= 15 is 0 Å². The first-order valence-corrected chi connectivity index (χ1v) is 6.34. The van der Waals surface area contributed by atoms with Crippen molar-refractivity contribution in [1.82, 2.24) is 0 Å². The third kappa shape index (κ3) is 3.82. The van der Waals surface area contributed by atoms with Crippen LogP contribution in [0.5, 0.6) is 5.75 Å². The van der Waals surface area contributed by atoms with Crippen molar-refractivity contribution in [3.05, 3.63) is 65.0 Å². The summed E-state index contributed by atoms with van der Waals surface area (Å²) in [4.78, 5) is 0. The van der Waals surface area contributed by atoms with Gasteiger partial charge in [-0.15, -0.1) is 0 Å². The van der Waals surface area contributed by atoms with Gasteiger partial charge in [0.05, 0.1) is 12.1 Å². The normalized spacial score (nSPS) is 9.38. The second-order valence-corrected chi connectivity index (χ2v) is 4.20. The lowest BCUT2D eigenvalue weighted by atomic mass is 10.1. The van der Waals surface area contributed by atoms with E-state index in [1.807, 2.05) is 0 Å². The van der Waals surface area contributed by atoms with Gasteiger partial charge in [-0.3, -0.25) is 0 Å². The van der Waals surface area contributed by atoms with Gasteiger partial charge in [0.15, 0.2) is 0 Å². The van der Waals surface area contributed by atoms with Gasteiger partial charge in [-0.25, -0.2) is 4.39 Å². The average Bonchev–Trinajstić information content (AvgIpc) is 2.52. The maximum absolute atomic E-state index is 13.3. The quantitative estimate of drug-likeness (QED) is 0.879. The Labute approximate surface area is 122 Å². The number of rotatable bonds is 3. The lowest BCUT2D eigenvalue weighted by Gasteiger charge is -2.09. The number of nitrogens with zero attached hydrogens (tertiary/aromatic N) is 1. The Morgan fingerprint density at radius 1 is 1.14 bits per heavy atom. The van der Waals surface area contributed by atoms with Gasteiger partial charge in [-0.05, 0) is 24.3 Å². The number of halogens is 1. The molecule has 0 atom stereocenters. The van der Waals surface area contributed by atoms with Crippen LogP contribution in [0, 0.1) is 29.0 Å². The zero-order valence-electron chi connectivity index (χ0n) is 11.3. The van der Waals surface area contributed by atoms with Crippen LogP contribution < -0.4 is 10.5 Å². The van der Waals surface area contributed by atoms with E-state index in [-0.39, 0.29) is 19.0 Å². The predicted octanol–water partition coefficient (Wildman–Crippen LogP) is 2.59. The van der Waals surface area contributed by atoms with Crippen molar-refractivity contribution in [3.63, 3.8) is 0 Å². The van der Waals surface area contributed by atoms with Crippen molar-refractivity contribution in [3.8, 4) is 23.7 Å². The molecule has 0 saturated heterocycles. The molecular weight excluding hydrogens is 267 g/mol. The topological polar surface area (TPSA) is 59.0 Å². The summed E-state index contributed by atoms with van der Waals surface area (Å²) in [5, 5.41) is 9.01. The second-order valence-electron chi connectivity index (χ2n) is 4.20. The molecule has 2 rings (SSSR count). The van der Waals surface area contributed by atoms with E-state index in [9.17, 15) is 4.39 Å². The van der Waals surface area contributed by atoms with Crippen LogP contribution >= 0.6 is 0 Å². The fourth-order valence-corrected chi connectivity index (χ4v) is 1.78. The summed E-state index contributed by atoms with van der Waals surface area (Å²) in [6.45, 7) is 0.404. The van der Waals surface area contributed by atoms with Crippen LogP contribution in [-0.4, -0.2) is 6.54 Å². The van der Waals surface area contributed by atoms with Crippen LogP contribution in [0.4, 0.5) is 4.39 Å². The summed E-state index contributed by atoms with van der Waals surface area (Å²) in [5.41, 5.74) is 7.06. The number of hydrogen-bond donors (Lipinski definition) is 1. The zero-order chi connectivity index (χ0) is 15.1. The number of nitrogens with two attached hydrogens (primary N) is 1. The summed E-state index contributed by atoms with van der Waals surface area (Å²) >= 11 is 0. The molecule has 0 amide bonds. The summed E-state index contributed by atoms with van der Waals surface area (Å²) in [6, 6.07) is 13.3. The molecule has 2 N–H and O–H groups in total. The molecule has 0 radical (unpaired) electrons. The van der Waals surface area contributed by atoms with Crippen LogP contribution in [0.25, 0.3) is 0 Å². The summed E-state index contributed by atoms with van der Waals surface area (Å²) in [7, 11) is 0. The fraction of sp³-hybridized carbons (Fsp3) is 0.118. The minimum atomic E-state index is -0.363. The Morgan fingerprint density at radius 2 is 1.95 bits per heavy atom. The van der Waals surface area contributed by atoms with E-state index in [1.165, 1.54) is 12.1 Å². The minimum absolute atomic E-state index is 0.202. The van der Waals surface area contributed by atoms with Gasteiger partial charge < -0.3 is 10.5 Å². The van der Waals surface area contributed by atoms with Gasteiger partial charge in [0, 0.05) is 11.1 Å². The molecule has 0 spiro atoms. The van der Waals surface area contributed by atoms with Gasteiger partial charge >= 0.3 is 0 Å². The highest BCUT2D eigenvalue weighted by atomic mass is 19.1. The summed E-state index contributed by atoms with van der Waals surface area (Å²) in [5.74, 6) is 5.64. The monoisotopic (exact) mass is 280 g/mol. The van der Waals surface area contributed by atoms with E-state index in [2.05, 4.69) is 17.9 Å². The van der Waals surface area contributed by atoms with Gasteiger partial charge in [-0.2, -0.15) is 5.26 Å². The molecule has 2 aromatic rings. The molecule has 2 aromatic carbocycles. The molecule has 4 heteroatoms. The maximum Gasteiger partial charge on any atom is 0.137 e. The number of benzene rings is 2. The number of nitriles is 1. The minimum Gasteiger partial charge on any atom is -0.487 e. The standard InChI is InChI=1S/C17H13FN2O/c18-16-8-7-15(13(10-16)5-3-9-19)12-21-17-6-2-1-4-14(17)11-20/h1-2,4,6-8,10H,9,12,19H2. The van der Waals surface area contributed by atoms with Crippen LogP contribution in [0.1, 0.15) is 16.7 Å². The van der Waals surface area contributed by atoms with Crippen LogP contribution in [-0.2, 0) is 6.61 Å². The Balaban J connectivity index is 2.22. The van der Waals surface area contributed by atoms with Gasteiger partial charge in [-0.1, -0.05) is 30.0 Å². The highest BCUT2D eigenvalue weighted by Gasteiger charge is 2.06. The van der Waals surface area contributed by atoms with E-state index in [1.54, 1.807) is 30.3 Å². The molecule has 3 nitrogen and oxygen atoms in total. The molecule has 21 heavy (non-hydrogen) atoms. The zero-order valence-corrected chi connectivity index (χ0v) is 11.3. The third-order valence-electron chi connectivity index (χ3n) is 2.79. The molecule has 0 heterocycles. The maximum atomic E-state index is 13.3. The Hall–Kier alpha value is -2.82. The molecule has 0 fully saturated rings. The summed E-state index contributed by atoms with van der Waals surface area (Å²) < 4.78 is 18.9. The molecule has 0 aliphatic rings. The van der Waals surface area contributed by atoms with Crippen molar-refractivity contribution < 1.29 is 9.13 Å². The Morgan fingerprint density at radius 3 is 2.71 bits per heavy atom. The average molecular weight is 280 g/mol. The first kappa shape index (κ1) is 14.6. The van der Waals surface area contributed by atoms with E-state index < -0.39 is 0 Å². The molecule has 104 valence electrons. The van der Waals surface area contributed by atoms with E-state index in [4.69, 9.17) is 15.7 Å². The number of para-hydroxylation sites is 1. The van der Waals surface area contributed by atoms with Crippen molar-refractivity contribution in [2.45, 2.75) is 6.61 Å². The van der Waals surface area contributed by atoms with Gasteiger partial charge in [0.25, 0.3) is 0 Å². The Kier molecular flexibility index (Phi) is 4.93. The second kappa shape index (κ2) is 7.09. The smallest absolute Gasteiger partial charge is 0.137 e. The van der Waals surface area contributed by atoms with Crippen LogP contribution in [0.15, 0.2) is 42.5 Å². The lowest BCUT2D eigenvalue weighted by molar-refractivity contribution is 0.305. The van der Waals surface area contributed by atoms with Gasteiger partial charge in [0.1, 0.15) is 24.2 Å².